The molecule has 1 aromatic heterocycles. The van der Waals surface area contributed by atoms with Crippen molar-refractivity contribution in [1.29, 1.82) is 0 Å². The van der Waals surface area contributed by atoms with Gasteiger partial charge in [-0.15, -0.1) is 0 Å². The van der Waals surface area contributed by atoms with Gasteiger partial charge in [0.25, 0.3) is 5.91 Å². The fraction of sp³-hybridized carbons (Fsp3) is 0.571. The largest absolute Gasteiger partial charge is 0.348 e. The second-order valence-electron chi connectivity index (χ2n) is 4.60. The van der Waals surface area contributed by atoms with Crippen LogP contribution in [-0.4, -0.2) is 41.5 Å². The molecular formula is C14H24N4O. The number of carbonyl (C=O) groups excluding carboxylic acids is 1. The molecule has 1 aromatic rings. The molecule has 1 heterocycles. The predicted molar refractivity (Wildman–Crippen MR) is 76.8 cm³/mol. The highest BCUT2D eigenvalue weighted by molar-refractivity contribution is 5.94. The van der Waals surface area contributed by atoms with Crippen molar-refractivity contribution in [3.63, 3.8) is 0 Å². The topological polar surface area (TPSA) is 71.2 Å². The smallest absolute Gasteiger partial charge is 0.251 e. The van der Waals surface area contributed by atoms with Gasteiger partial charge >= 0.3 is 0 Å². The van der Waals surface area contributed by atoms with E-state index in [2.05, 4.69) is 29.0 Å². The first-order valence-corrected chi connectivity index (χ1v) is 6.78. The summed E-state index contributed by atoms with van der Waals surface area (Å²) in [5, 5.41) is 3.00. The maximum atomic E-state index is 12.1. The zero-order chi connectivity index (χ0) is 14.3. The van der Waals surface area contributed by atoms with Gasteiger partial charge in [-0.05, 0) is 32.1 Å². The third kappa shape index (κ3) is 4.96. The number of hydrogen-bond acceptors (Lipinski definition) is 4. The summed E-state index contributed by atoms with van der Waals surface area (Å²) in [5.74, 6) is -0.0724. The molecular weight excluding hydrogens is 240 g/mol. The van der Waals surface area contributed by atoms with Gasteiger partial charge in [-0.1, -0.05) is 13.8 Å². The van der Waals surface area contributed by atoms with Gasteiger partial charge in [-0.2, -0.15) is 0 Å². The minimum atomic E-state index is -0.0724. The molecule has 1 rings (SSSR count). The molecule has 1 atom stereocenters. The number of likely N-dealkylation sites (N-methyl/N-ethyl adjacent to an activating group) is 1. The highest BCUT2D eigenvalue weighted by atomic mass is 16.1. The molecule has 0 saturated carbocycles. The summed E-state index contributed by atoms with van der Waals surface area (Å²) in [4.78, 5) is 18.4. The second kappa shape index (κ2) is 7.86. The molecule has 1 amide bonds. The Morgan fingerprint density at radius 2 is 2.16 bits per heavy atom. The molecule has 5 heteroatoms. The molecule has 0 spiro atoms. The number of nitrogens with one attached hydrogen (secondary N) is 1. The van der Waals surface area contributed by atoms with E-state index in [1.54, 1.807) is 18.3 Å². The van der Waals surface area contributed by atoms with Crippen molar-refractivity contribution < 1.29 is 4.79 Å². The highest BCUT2D eigenvalue weighted by Crippen LogP contribution is 2.02. The van der Waals surface area contributed by atoms with E-state index in [9.17, 15) is 4.79 Å². The van der Waals surface area contributed by atoms with Crippen molar-refractivity contribution in [2.45, 2.75) is 33.4 Å². The molecule has 0 radical (unpaired) electrons. The Kier molecular flexibility index (Phi) is 6.45. The molecule has 0 aliphatic rings. The highest BCUT2D eigenvalue weighted by Gasteiger charge is 2.12. The predicted octanol–water partition coefficient (Wildman–Crippen LogP) is 1.00. The van der Waals surface area contributed by atoms with E-state index in [1.807, 2.05) is 6.92 Å². The van der Waals surface area contributed by atoms with E-state index < -0.39 is 0 Å². The quantitative estimate of drug-likeness (QED) is 0.771. The normalized spacial score (nSPS) is 12.5. The van der Waals surface area contributed by atoms with E-state index in [4.69, 9.17) is 5.73 Å². The summed E-state index contributed by atoms with van der Waals surface area (Å²) in [5.41, 5.74) is 6.86. The van der Waals surface area contributed by atoms with E-state index in [-0.39, 0.29) is 11.9 Å². The van der Waals surface area contributed by atoms with Crippen LogP contribution in [-0.2, 0) is 6.54 Å². The van der Waals surface area contributed by atoms with Crippen molar-refractivity contribution in [3.8, 4) is 0 Å². The molecule has 0 aliphatic carbocycles. The molecule has 3 N–H and O–H groups in total. The summed E-state index contributed by atoms with van der Waals surface area (Å²) in [6, 6.07) is 3.56. The number of aromatic nitrogens is 1. The summed E-state index contributed by atoms with van der Waals surface area (Å²) >= 11 is 0. The first kappa shape index (κ1) is 15.6. The van der Waals surface area contributed by atoms with E-state index in [1.165, 1.54) is 0 Å². The average Bonchev–Trinajstić information content (AvgIpc) is 2.44. The van der Waals surface area contributed by atoms with Crippen LogP contribution in [0.3, 0.4) is 0 Å². The fourth-order valence-corrected chi connectivity index (χ4v) is 1.95. The van der Waals surface area contributed by atoms with E-state index in [0.29, 0.717) is 12.1 Å². The van der Waals surface area contributed by atoms with Gasteiger partial charge in [0.1, 0.15) is 0 Å². The zero-order valence-corrected chi connectivity index (χ0v) is 12.0. The maximum absolute atomic E-state index is 12.1. The Morgan fingerprint density at radius 3 is 2.74 bits per heavy atom. The number of hydrogen-bond donors (Lipinski definition) is 2. The van der Waals surface area contributed by atoms with E-state index >= 15 is 0 Å². The Balaban J connectivity index is 2.58. The zero-order valence-electron chi connectivity index (χ0n) is 12.0. The summed E-state index contributed by atoms with van der Waals surface area (Å²) in [7, 11) is 0. The molecule has 0 fully saturated rings. The summed E-state index contributed by atoms with van der Waals surface area (Å²) in [6.07, 6.45) is 1.62. The molecule has 5 nitrogen and oxygen atoms in total. The van der Waals surface area contributed by atoms with Crippen LogP contribution in [0.15, 0.2) is 18.3 Å². The van der Waals surface area contributed by atoms with Crippen LogP contribution in [0.2, 0.25) is 0 Å². The van der Waals surface area contributed by atoms with Gasteiger partial charge in [0.05, 0.1) is 5.69 Å². The van der Waals surface area contributed by atoms with Gasteiger partial charge in [0.15, 0.2) is 0 Å². The Morgan fingerprint density at radius 1 is 1.47 bits per heavy atom. The number of amides is 1. The van der Waals surface area contributed by atoms with Crippen LogP contribution >= 0.6 is 0 Å². The minimum absolute atomic E-state index is 0.0724. The first-order valence-electron chi connectivity index (χ1n) is 6.78. The fourth-order valence-electron chi connectivity index (χ4n) is 1.95. The van der Waals surface area contributed by atoms with Crippen molar-refractivity contribution in [2.24, 2.45) is 5.73 Å². The van der Waals surface area contributed by atoms with Gasteiger partial charge < -0.3 is 16.0 Å². The molecule has 0 aliphatic heterocycles. The van der Waals surface area contributed by atoms with Crippen LogP contribution in [0.1, 0.15) is 36.8 Å². The summed E-state index contributed by atoms with van der Waals surface area (Å²) in [6.45, 7) is 9.43. The lowest BCUT2D eigenvalue weighted by molar-refractivity contribution is 0.0930. The molecule has 0 bridgehead atoms. The lowest BCUT2D eigenvalue weighted by atomic mass is 10.2. The van der Waals surface area contributed by atoms with Crippen LogP contribution in [0.5, 0.6) is 0 Å². The Hall–Kier alpha value is -1.46. The Bertz CT molecular complexity index is 404. The first-order chi connectivity index (χ1) is 9.10. The second-order valence-corrected chi connectivity index (χ2v) is 4.60. The van der Waals surface area contributed by atoms with Crippen molar-refractivity contribution in [3.05, 3.63) is 29.6 Å². The number of pyridine rings is 1. The third-order valence-corrected chi connectivity index (χ3v) is 3.09. The monoisotopic (exact) mass is 264 g/mol. The van der Waals surface area contributed by atoms with Gasteiger partial charge in [-0.25, -0.2) is 0 Å². The van der Waals surface area contributed by atoms with Crippen LogP contribution in [0, 0.1) is 0 Å². The van der Waals surface area contributed by atoms with Crippen molar-refractivity contribution in [1.82, 2.24) is 15.2 Å². The van der Waals surface area contributed by atoms with Gasteiger partial charge in [0, 0.05) is 30.9 Å². The number of nitrogens with zero attached hydrogens (tertiary/aromatic N) is 2. The lowest BCUT2D eigenvalue weighted by Crippen LogP contribution is -2.42. The van der Waals surface area contributed by atoms with Crippen LogP contribution in [0.25, 0.3) is 0 Å². The standard InChI is InChI=1S/C14H24N4O/c1-4-18(5-2)10-11(3)17-14(19)12-6-7-16-13(8-12)9-15/h6-8,11H,4-5,9-10,15H2,1-3H3,(H,17,19). The number of rotatable bonds is 7. The summed E-state index contributed by atoms with van der Waals surface area (Å²) < 4.78 is 0. The van der Waals surface area contributed by atoms with Crippen molar-refractivity contribution in [2.75, 3.05) is 19.6 Å². The Labute approximate surface area is 115 Å². The minimum Gasteiger partial charge on any atom is -0.348 e. The van der Waals surface area contributed by atoms with Crippen LogP contribution < -0.4 is 11.1 Å². The lowest BCUT2D eigenvalue weighted by Gasteiger charge is -2.23. The maximum Gasteiger partial charge on any atom is 0.251 e. The number of carbonyl (C=O) groups is 1. The number of nitrogens with two attached hydrogens (primary N) is 1. The third-order valence-electron chi connectivity index (χ3n) is 3.09. The SMILES string of the molecule is CCN(CC)CC(C)NC(=O)c1ccnc(CN)c1. The molecule has 0 aromatic carbocycles. The van der Waals surface area contributed by atoms with Crippen molar-refractivity contribution >= 4 is 5.91 Å². The van der Waals surface area contributed by atoms with E-state index in [0.717, 1.165) is 25.3 Å². The molecule has 19 heavy (non-hydrogen) atoms. The molecule has 0 saturated heterocycles. The molecule has 106 valence electrons. The van der Waals surface area contributed by atoms with Gasteiger partial charge in [0.2, 0.25) is 0 Å². The average molecular weight is 264 g/mol. The van der Waals surface area contributed by atoms with Crippen LogP contribution in [0.4, 0.5) is 0 Å². The molecule has 1 unspecified atom stereocenters. The van der Waals surface area contributed by atoms with Gasteiger partial charge in [-0.3, -0.25) is 9.78 Å².